The number of hydrogen-bond acceptors (Lipinski definition) is 3. The second kappa shape index (κ2) is 9.84. The quantitative estimate of drug-likeness (QED) is 0.739. The fourth-order valence-electron chi connectivity index (χ4n) is 4.79. The maximum absolute atomic E-state index is 12.8. The van der Waals surface area contributed by atoms with Crippen molar-refractivity contribution in [3.05, 3.63) is 64.7 Å². The van der Waals surface area contributed by atoms with Crippen molar-refractivity contribution in [3.8, 4) is 0 Å². The lowest BCUT2D eigenvalue weighted by molar-refractivity contribution is -0.126. The zero-order valence-corrected chi connectivity index (χ0v) is 18.6. The van der Waals surface area contributed by atoms with Crippen LogP contribution in [0.25, 0.3) is 0 Å². The summed E-state index contributed by atoms with van der Waals surface area (Å²) in [6.07, 6.45) is 3.20. The highest BCUT2D eigenvalue weighted by Crippen LogP contribution is 2.29. The van der Waals surface area contributed by atoms with Gasteiger partial charge in [0, 0.05) is 43.4 Å². The molecule has 5 heteroatoms. The zero-order chi connectivity index (χ0) is 20.9. The van der Waals surface area contributed by atoms with Crippen molar-refractivity contribution in [2.45, 2.75) is 32.7 Å². The van der Waals surface area contributed by atoms with Crippen molar-refractivity contribution in [1.82, 2.24) is 10.2 Å². The number of nitrogens with one attached hydrogen (secondary N) is 1. The number of aryl methyl sites for hydroxylation is 1. The molecule has 2 aliphatic heterocycles. The number of nitrogens with zero attached hydrogens (tertiary/aromatic N) is 2. The minimum Gasteiger partial charge on any atom is -0.371 e. The number of carbonyl (C=O) groups is 1. The van der Waals surface area contributed by atoms with Crippen molar-refractivity contribution in [2.75, 3.05) is 37.6 Å². The first-order valence-corrected chi connectivity index (χ1v) is 11.5. The highest BCUT2D eigenvalue weighted by atomic mass is 35.5. The first-order chi connectivity index (χ1) is 14.6. The van der Waals surface area contributed by atoms with E-state index < -0.39 is 0 Å². The molecule has 30 heavy (non-hydrogen) atoms. The minimum absolute atomic E-state index is 0.107. The molecule has 1 N–H and O–H groups in total. The highest BCUT2D eigenvalue weighted by Gasteiger charge is 2.28. The van der Waals surface area contributed by atoms with Gasteiger partial charge in [-0.15, -0.1) is 0 Å². The van der Waals surface area contributed by atoms with Gasteiger partial charge in [-0.2, -0.15) is 0 Å². The van der Waals surface area contributed by atoms with Gasteiger partial charge in [0.25, 0.3) is 0 Å². The van der Waals surface area contributed by atoms with Crippen LogP contribution in [0.1, 0.15) is 30.4 Å². The smallest absolute Gasteiger partial charge is 0.224 e. The molecule has 2 fully saturated rings. The van der Waals surface area contributed by atoms with E-state index in [9.17, 15) is 4.79 Å². The lowest BCUT2D eigenvalue weighted by atomic mass is 9.96. The molecule has 0 aliphatic carbocycles. The molecule has 0 radical (unpaired) electrons. The number of anilines is 1. The van der Waals surface area contributed by atoms with Crippen LogP contribution in [-0.4, -0.2) is 43.5 Å². The van der Waals surface area contributed by atoms with Gasteiger partial charge >= 0.3 is 0 Å². The predicted molar refractivity (Wildman–Crippen MR) is 124 cm³/mol. The van der Waals surface area contributed by atoms with Crippen molar-refractivity contribution in [2.24, 2.45) is 11.8 Å². The van der Waals surface area contributed by atoms with Gasteiger partial charge in [0.15, 0.2) is 0 Å². The number of halogens is 1. The van der Waals surface area contributed by atoms with Gasteiger partial charge in [-0.05, 0) is 61.9 Å². The Kier molecular flexibility index (Phi) is 6.96. The average molecular weight is 426 g/mol. The molecule has 2 saturated heterocycles. The third-order valence-corrected chi connectivity index (χ3v) is 6.72. The summed E-state index contributed by atoms with van der Waals surface area (Å²) in [6, 6.07) is 16.6. The summed E-state index contributed by atoms with van der Waals surface area (Å²) < 4.78 is 0. The molecule has 0 aromatic heterocycles. The predicted octanol–water partition coefficient (Wildman–Crippen LogP) is 4.50. The molecule has 2 aromatic carbocycles. The fourth-order valence-corrected chi connectivity index (χ4v) is 4.95. The number of hydrogen-bond donors (Lipinski definition) is 1. The van der Waals surface area contributed by atoms with Gasteiger partial charge in [-0.25, -0.2) is 0 Å². The highest BCUT2D eigenvalue weighted by molar-refractivity contribution is 6.30. The Morgan fingerprint density at radius 2 is 1.93 bits per heavy atom. The summed E-state index contributed by atoms with van der Waals surface area (Å²) in [5.41, 5.74) is 3.80. The Morgan fingerprint density at radius 3 is 2.77 bits per heavy atom. The number of amides is 1. The molecular formula is C25H32ClN3O. The maximum atomic E-state index is 12.8. The van der Waals surface area contributed by atoms with Crippen molar-refractivity contribution in [3.63, 3.8) is 0 Å². The molecule has 2 aliphatic rings. The standard InChI is InChI=1S/C25H32ClN3O/c1-19-9-10-23(26)14-24(19)29-13-11-21(17-29)15-27-25(30)22-8-5-12-28(18-22)16-20-6-3-2-4-7-20/h2-4,6-7,9-10,14,21-22H,5,8,11-13,15-18H2,1H3,(H,27,30). The molecule has 2 heterocycles. The maximum Gasteiger partial charge on any atom is 0.224 e. The summed E-state index contributed by atoms with van der Waals surface area (Å²) in [6.45, 7) is 7.77. The van der Waals surface area contributed by atoms with Gasteiger partial charge in [0.05, 0.1) is 5.92 Å². The van der Waals surface area contributed by atoms with Gasteiger partial charge in [0.1, 0.15) is 0 Å². The fraction of sp³-hybridized carbons (Fsp3) is 0.480. The van der Waals surface area contributed by atoms with E-state index in [0.717, 1.165) is 63.6 Å². The van der Waals surface area contributed by atoms with Crippen LogP contribution in [0, 0.1) is 18.8 Å². The van der Waals surface area contributed by atoms with Crippen LogP contribution in [0.3, 0.4) is 0 Å². The molecule has 160 valence electrons. The number of carbonyl (C=O) groups excluding carboxylic acids is 1. The number of rotatable bonds is 6. The van der Waals surface area contributed by atoms with E-state index in [-0.39, 0.29) is 11.8 Å². The van der Waals surface area contributed by atoms with Crippen LogP contribution in [0.5, 0.6) is 0 Å². The molecule has 0 bridgehead atoms. The van der Waals surface area contributed by atoms with Crippen LogP contribution in [0.2, 0.25) is 5.02 Å². The Hall–Kier alpha value is -2.04. The lowest BCUT2D eigenvalue weighted by Gasteiger charge is -2.32. The van der Waals surface area contributed by atoms with E-state index in [2.05, 4.69) is 58.4 Å². The zero-order valence-electron chi connectivity index (χ0n) is 17.8. The monoisotopic (exact) mass is 425 g/mol. The topological polar surface area (TPSA) is 35.6 Å². The number of piperidine rings is 1. The summed E-state index contributed by atoms with van der Waals surface area (Å²) in [7, 11) is 0. The molecule has 2 unspecified atom stereocenters. The molecule has 4 nitrogen and oxygen atoms in total. The van der Waals surface area contributed by atoms with Gasteiger partial charge in [-0.3, -0.25) is 9.69 Å². The Labute approximate surface area is 185 Å². The summed E-state index contributed by atoms with van der Waals surface area (Å²) in [5.74, 6) is 0.830. The van der Waals surface area contributed by atoms with Crippen LogP contribution in [0.15, 0.2) is 48.5 Å². The van der Waals surface area contributed by atoms with Gasteiger partial charge in [0.2, 0.25) is 5.91 Å². The van der Waals surface area contributed by atoms with E-state index >= 15 is 0 Å². The molecule has 2 aromatic rings. The number of likely N-dealkylation sites (tertiary alicyclic amines) is 1. The Bertz CT molecular complexity index is 857. The normalized spacial score (nSPS) is 22.3. The molecule has 0 spiro atoms. The van der Waals surface area contributed by atoms with E-state index in [1.54, 1.807) is 0 Å². The second-order valence-electron chi connectivity index (χ2n) is 8.84. The van der Waals surface area contributed by atoms with Gasteiger partial charge < -0.3 is 10.2 Å². The van der Waals surface area contributed by atoms with Crippen LogP contribution < -0.4 is 10.2 Å². The largest absolute Gasteiger partial charge is 0.371 e. The molecule has 4 rings (SSSR count). The SMILES string of the molecule is Cc1ccc(Cl)cc1N1CCC(CNC(=O)C2CCCN(Cc3ccccc3)C2)C1. The summed E-state index contributed by atoms with van der Waals surface area (Å²) in [5, 5.41) is 4.04. The summed E-state index contributed by atoms with van der Waals surface area (Å²) in [4.78, 5) is 17.7. The van der Waals surface area contributed by atoms with E-state index in [1.165, 1.54) is 16.8 Å². The molecular weight excluding hydrogens is 394 g/mol. The van der Waals surface area contributed by atoms with Crippen molar-refractivity contribution >= 4 is 23.2 Å². The third-order valence-electron chi connectivity index (χ3n) is 6.49. The van der Waals surface area contributed by atoms with E-state index in [0.29, 0.717) is 5.92 Å². The first-order valence-electron chi connectivity index (χ1n) is 11.1. The molecule has 2 atom stereocenters. The minimum atomic E-state index is 0.107. The van der Waals surface area contributed by atoms with Crippen LogP contribution in [0.4, 0.5) is 5.69 Å². The first kappa shape index (κ1) is 21.2. The molecule has 1 amide bonds. The number of benzene rings is 2. The van der Waals surface area contributed by atoms with E-state index in [1.807, 2.05) is 12.1 Å². The Balaban J connectivity index is 1.25. The van der Waals surface area contributed by atoms with Crippen molar-refractivity contribution in [1.29, 1.82) is 0 Å². The van der Waals surface area contributed by atoms with Gasteiger partial charge in [-0.1, -0.05) is 48.0 Å². The van der Waals surface area contributed by atoms with Crippen LogP contribution >= 0.6 is 11.6 Å². The summed E-state index contributed by atoms with van der Waals surface area (Å²) >= 11 is 6.20. The average Bonchev–Trinajstić information content (AvgIpc) is 3.23. The third kappa shape index (κ3) is 5.35. The van der Waals surface area contributed by atoms with Crippen LogP contribution in [-0.2, 0) is 11.3 Å². The van der Waals surface area contributed by atoms with Crippen molar-refractivity contribution < 1.29 is 4.79 Å². The Morgan fingerprint density at radius 1 is 1.10 bits per heavy atom. The lowest BCUT2D eigenvalue weighted by Crippen LogP contribution is -2.43. The van der Waals surface area contributed by atoms with E-state index in [4.69, 9.17) is 11.6 Å². The second-order valence-corrected chi connectivity index (χ2v) is 9.27. The molecule has 0 saturated carbocycles.